The molecule has 0 aromatic heterocycles. The molecular weight excluding hydrogens is 453 g/mol. The van der Waals surface area contributed by atoms with Crippen molar-refractivity contribution in [2.75, 3.05) is 6.61 Å². The lowest BCUT2D eigenvalue weighted by Gasteiger charge is -2.47. The highest BCUT2D eigenvalue weighted by molar-refractivity contribution is 6.90. The van der Waals surface area contributed by atoms with Crippen molar-refractivity contribution in [3.8, 4) is 0 Å². The van der Waals surface area contributed by atoms with E-state index in [-0.39, 0.29) is 18.1 Å². The van der Waals surface area contributed by atoms with Crippen LogP contribution in [0.5, 0.6) is 0 Å². The fourth-order valence-corrected chi connectivity index (χ4v) is 17.9. The molecule has 0 aromatic carbocycles. The van der Waals surface area contributed by atoms with Gasteiger partial charge in [0, 0.05) is 17.7 Å². The van der Waals surface area contributed by atoms with E-state index in [1.165, 1.54) is 0 Å². The largest absolute Gasteiger partial charge is 0.478 e. The zero-order chi connectivity index (χ0) is 24.0. The zero-order valence-corrected chi connectivity index (χ0v) is 24.6. The number of rotatable bonds is 13. The van der Waals surface area contributed by atoms with Crippen molar-refractivity contribution in [3.63, 3.8) is 0 Å². The molecule has 0 radical (unpaired) electrons. The molecule has 30 heavy (non-hydrogen) atoms. The van der Waals surface area contributed by atoms with Gasteiger partial charge in [0.25, 0.3) is 0 Å². The lowest BCUT2D eigenvalue weighted by Crippen LogP contribution is -2.63. The summed E-state index contributed by atoms with van der Waals surface area (Å²) in [6.07, 6.45) is 2.24. The Morgan fingerprint density at radius 2 is 1.20 bits per heavy atom. The molecule has 11 heteroatoms. The van der Waals surface area contributed by atoms with E-state index in [0.717, 1.165) is 12.2 Å². The number of hydrogen-bond acceptors (Lipinski definition) is 6. The van der Waals surface area contributed by atoms with Crippen molar-refractivity contribution >= 4 is 45.7 Å². The Morgan fingerprint density at radius 3 is 1.50 bits per heavy atom. The summed E-state index contributed by atoms with van der Waals surface area (Å²) >= 11 is 0. The number of carbonyl (C=O) groups is 2. The van der Waals surface area contributed by atoms with E-state index in [1.54, 1.807) is 0 Å². The van der Waals surface area contributed by atoms with Crippen molar-refractivity contribution in [2.45, 2.75) is 84.7 Å². The molecule has 0 aliphatic heterocycles. The number of carboxylic acid groups (broad SMARTS) is 1. The van der Waals surface area contributed by atoms with Crippen LogP contribution in [0.1, 0.15) is 20.3 Å². The summed E-state index contributed by atoms with van der Waals surface area (Å²) in [5.41, 5.74) is -0.0288. The molecule has 1 N–H and O–H groups in total. The van der Waals surface area contributed by atoms with Gasteiger partial charge in [-0.2, -0.15) is 0 Å². The van der Waals surface area contributed by atoms with Gasteiger partial charge in [0.1, 0.15) is 0 Å². The van der Waals surface area contributed by atoms with Crippen LogP contribution < -0.4 is 0 Å². The SMILES string of the molecule is CC(C)C(CCOC(=O)C=CC(=O)O)[Si](O[Si](C)(C)C)(O[Si](C)(C)C)O[Si](C)(C)C. The Hall–Kier alpha value is -0.572. The summed E-state index contributed by atoms with van der Waals surface area (Å²) in [6.45, 7) is 23.7. The molecule has 0 rings (SSSR count). The average molecular weight is 495 g/mol. The first-order chi connectivity index (χ1) is 13.3. The van der Waals surface area contributed by atoms with Gasteiger partial charge in [-0.05, 0) is 71.3 Å². The van der Waals surface area contributed by atoms with Gasteiger partial charge >= 0.3 is 20.7 Å². The van der Waals surface area contributed by atoms with Crippen LogP contribution in [0, 0.1) is 5.92 Å². The Balaban J connectivity index is 5.93. The molecule has 0 aliphatic rings. The van der Waals surface area contributed by atoms with Crippen LogP contribution in [0.3, 0.4) is 0 Å². The summed E-state index contributed by atoms with van der Waals surface area (Å²) in [5.74, 6) is -1.65. The number of aliphatic carboxylic acids is 1. The van der Waals surface area contributed by atoms with Gasteiger partial charge < -0.3 is 22.2 Å². The number of esters is 1. The van der Waals surface area contributed by atoms with Gasteiger partial charge in [-0.1, -0.05) is 13.8 Å². The monoisotopic (exact) mass is 494 g/mol. The molecule has 7 nitrogen and oxygen atoms in total. The minimum atomic E-state index is -3.12. The molecule has 1 unspecified atom stereocenters. The van der Waals surface area contributed by atoms with Crippen molar-refractivity contribution < 1.29 is 31.8 Å². The quantitative estimate of drug-likeness (QED) is 0.217. The number of hydrogen-bond donors (Lipinski definition) is 1. The first kappa shape index (κ1) is 29.4. The van der Waals surface area contributed by atoms with Crippen molar-refractivity contribution in [1.29, 1.82) is 0 Å². The maximum atomic E-state index is 11.8. The molecule has 0 bridgehead atoms. The minimum absolute atomic E-state index is 0.0288. The Morgan fingerprint density at radius 1 is 0.800 bits per heavy atom. The van der Waals surface area contributed by atoms with Crippen LogP contribution >= 0.6 is 0 Å². The van der Waals surface area contributed by atoms with Crippen molar-refractivity contribution in [2.24, 2.45) is 5.92 Å². The molecule has 1 atom stereocenters. The van der Waals surface area contributed by atoms with E-state index < -0.39 is 45.7 Å². The van der Waals surface area contributed by atoms with E-state index >= 15 is 0 Å². The first-order valence-corrected chi connectivity index (χ1v) is 22.5. The third kappa shape index (κ3) is 13.0. The molecule has 176 valence electrons. The van der Waals surface area contributed by atoms with Gasteiger partial charge in [-0.25, -0.2) is 9.59 Å². The van der Waals surface area contributed by atoms with Crippen LogP contribution in [0.15, 0.2) is 12.2 Å². The molecule has 0 spiro atoms. The smallest absolute Gasteiger partial charge is 0.473 e. The topological polar surface area (TPSA) is 91.3 Å². The summed E-state index contributed by atoms with van der Waals surface area (Å²) in [7, 11) is -9.17. The van der Waals surface area contributed by atoms with Crippen LogP contribution in [-0.2, 0) is 26.7 Å². The molecule has 0 heterocycles. The van der Waals surface area contributed by atoms with Gasteiger partial charge in [0.2, 0.25) is 0 Å². The van der Waals surface area contributed by atoms with Crippen LogP contribution in [0.2, 0.25) is 64.5 Å². The summed E-state index contributed by atoms with van der Waals surface area (Å²) in [4.78, 5) is 22.4. The van der Waals surface area contributed by atoms with Gasteiger partial charge in [-0.3, -0.25) is 0 Å². The van der Waals surface area contributed by atoms with Crippen molar-refractivity contribution in [3.05, 3.63) is 12.2 Å². The molecule has 0 aromatic rings. The molecular formula is C19H42O7Si4. The highest BCUT2D eigenvalue weighted by Gasteiger charge is 2.56. The lowest BCUT2D eigenvalue weighted by atomic mass is 10.1. The van der Waals surface area contributed by atoms with Crippen LogP contribution in [0.4, 0.5) is 0 Å². The highest BCUT2D eigenvalue weighted by Crippen LogP contribution is 2.41. The second-order valence-corrected chi connectivity index (χ2v) is 27.8. The summed E-state index contributed by atoms with van der Waals surface area (Å²) in [6, 6.07) is 0. The summed E-state index contributed by atoms with van der Waals surface area (Å²) < 4.78 is 25.7. The van der Waals surface area contributed by atoms with Crippen LogP contribution in [0.25, 0.3) is 0 Å². The Kier molecular flexibility index (Phi) is 11.1. The van der Waals surface area contributed by atoms with E-state index in [4.69, 9.17) is 22.2 Å². The minimum Gasteiger partial charge on any atom is -0.478 e. The van der Waals surface area contributed by atoms with Crippen molar-refractivity contribution in [1.82, 2.24) is 0 Å². The average Bonchev–Trinajstić information content (AvgIpc) is 2.43. The zero-order valence-electron chi connectivity index (χ0n) is 20.6. The molecule has 0 aliphatic carbocycles. The van der Waals surface area contributed by atoms with Gasteiger partial charge in [0.05, 0.1) is 6.61 Å². The Labute approximate surface area is 186 Å². The molecule has 0 amide bonds. The molecule has 0 saturated heterocycles. The highest BCUT2D eigenvalue weighted by atomic mass is 28.5. The first-order valence-electron chi connectivity index (χ1n) is 10.4. The van der Waals surface area contributed by atoms with Crippen LogP contribution in [-0.4, -0.2) is 57.4 Å². The molecule has 0 saturated carbocycles. The summed E-state index contributed by atoms with van der Waals surface area (Å²) in [5, 5.41) is 8.65. The fourth-order valence-electron chi connectivity index (χ4n) is 2.96. The number of carbonyl (C=O) groups excluding carboxylic acids is 1. The normalized spacial score (nSPS) is 14.9. The maximum absolute atomic E-state index is 11.8. The third-order valence-corrected chi connectivity index (χ3v) is 16.3. The van der Waals surface area contributed by atoms with E-state index in [9.17, 15) is 9.59 Å². The third-order valence-electron chi connectivity index (χ3n) is 3.64. The second-order valence-electron chi connectivity index (χ2n) is 10.7. The predicted octanol–water partition coefficient (Wildman–Crippen LogP) is 5.08. The predicted molar refractivity (Wildman–Crippen MR) is 130 cm³/mol. The second kappa shape index (κ2) is 11.3. The van der Waals surface area contributed by atoms with Gasteiger partial charge in [-0.15, -0.1) is 0 Å². The lowest BCUT2D eigenvalue weighted by molar-refractivity contribution is -0.139. The van der Waals surface area contributed by atoms with E-state index in [1.807, 2.05) is 0 Å². The maximum Gasteiger partial charge on any atom is 0.473 e. The number of carboxylic acids is 1. The van der Waals surface area contributed by atoms with E-state index in [0.29, 0.717) is 6.42 Å². The standard InChI is InChI=1S/C19H42O7Si4/c1-16(2)17(14-15-23-19(22)13-12-18(20)21)30(24-27(3,4)5,25-28(6,7)8)26-29(9,10)11/h12-13,16-17H,14-15H2,1-11H3,(H,20,21). The van der Waals surface area contributed by atoms with Gasteiger partial charge in [0.15, 0.2) is 25.0 Å². The number of ether oxygens (including phenoxy) is 1. The fraction of sp³-hybridized carbons (Fsp3) is 0.789. The Bertz CT molecular complexity index is 561. The molecule has 0 fully saturated rings. The van der Waals surface area contributed by atoms with E-state index in [2.05, 4.69) is 72.8 Å².